The summed E-state index contributed by atoms with van der Waals surface area (Å²) in [5.41, 5.74) is 0.949. The van der Waals surface area contributed by atoms with Crippen LogP contribution in [0, 0.1) is 11.7 Å². The van der Waals surface area contributed by atoms with Gasteiger partial charge in [-0.1, -0.05) is 6.07 Å². The SMILES string of the molecule is O=C([C@H]1CCCN(S(=O)(=O)c2cccs2)C1)N1CCN(c2ccc(F)cc2)CC1. The number of nitrogens with zero attached hydrogens (tertiary/aromatic N) is 3. The molecule has 0 bridgehead atoms. The van der Waals surface area contributed by atoms with Crippen LogP contribution in [0.5, 0.6) is 0 Å². The first-order chi connectivity index (χ1) is 13.9. The maximum Gasteiger partial charge on any atom is 0.252 e. The van der Waals surface area contributed by atoms with Gasteiger partial charge in [0.1, 0.15) is 10.0 Å². The molecule has 0 radical (unpaired) electrons. The van der Waals surface area contributed by atoms with Crippen molar-refractivity contribution in [2.45, 2.75) is 17.1 Å². The fourth-order valence-corrected chi connectivity index (χ4v) is 6.66. The molecule has 0 saturated carbocycles. The number of carbonyl (C=O) groups excluding carboxylic acids is 1. The molecule has 1 aromatic heterocycles. The number of sulfonamides is 1. The summed E-state index contributed by atoms with van der Waals surface area (Å²) in [4.78, 5) is 17.0. The number of piperazine rings is 1. The number of amides is 1. The molecule has 0 unspecified atom stereocenters. The second kappa shape index (κ2) is 8.41. The van der Waals surface area contributed by atoms with Gasteiger partial charge in [-0.3, -0.25) is 4.79 Å². The quantitative estimate of drug-likeness (QED) is 0.738. The Bertz CT molecular complexity index is 940. The van der Waals surface area contributed by atoms with Gasteiger partial charge in [-0.25, -0.2) is 12.8 Å². The zero-order valence-electron chi connectivity index (χ0n) is 16.0. The van der Waals surface area contributed by atoms with Crippen LogP contribution in [0.1, 0.15) is 12.8 Å². The lowest BCUT2D eigenvalue weighted by Gasteiger charge is -2.39. The van der Waals surface area contributed by atoms with Crippen LogP contribution in [0.4, 0.5) is 10.1 Å². The minimum atomic E-state index is -3.52. The summed E-state index contributed by atoms with van der Waals surface area (Å²) in [5.74, 6) is -0.521. The Balaban J connectivity index is 1.37. The van der Waals surface area contributed by atoms with Crippen molar-refractivity contribution in [1.29, 1.82) is 0 Å². The first kappa shape index (κ1) is 20.3. The predicted octanol–water partition coefficient (Wildman–Crippen LogP) is 2.64. The molecule has 29 heavy (non-hydrogen) atoms. The molecule has 0 N–H and O–H groups in total. The second-order valence-corrected chi connectivity index (χ2v) is 10.5. The Morgan fingerprint density at radius 3 is 2.41 bits per heavy atom. The fraction of sp³-hybridized carbons (Fsp3) is 0.450. The van der Waals surface area contributed by atoms with Crippen molar-refractivity contribution < 1.29 is 17.6 Å². The Morgan fingerprint density at radius 1 is 1.03 bits per heavy atom. The summed E-state index contributed by atoms with van der Waals surface area (Å²) >= 11 is 1.21. The summed E-state index contributed by atoms with van der Waals surface area (Å²) in [6.07, 6.45) is 1.41. The van der Waals surface area contributed by atoms with Gasteiger partial charge in [-0.2, -0.15) is 4.31 Å². The van der Waals surface area contributed by atoms with E-state index in [1.54, 1.807) is 29.6 Å². The molecule has 9 heteroatoms. The molecular weight excluding hydrogens is 413 g/mol. The number of halogens is 1. The van der Waals surface area contributed by atoms with Gasteiger partial charge < -0.3 is 9.80 Å². The number of rotatable bonds is 4. The van der Waals surface area contributed by atoms with E-state index in [1.165, 1.54) is 27.8 Å². The molecule has 3 heterocycles. The van der Waals surface area contributed by atoms with Crippen molar-refractivity contribution in [1.82, 2.24) is 9.21 Å². The molecule has 1 atom stereocenters. The van der Waals surface area contributed by atoms with Crippen molar-refractivity contribution in [3.8, 4) is 0 Å². The van der Waals surface area contributed by atoms with Gasteiger partial charge >= 0.3 is 0 Å². The van der Waals surface area contributed by atoms with E-state index < -0.39 is 10.0 Å². The molecule has 156 valence electrons. The van der Waals surface area contributed by atoms with E-state index >= 15 is 0 Å². The summed E-state index contributed by atoms with van der Waals surface area (Å²) < 4.78 is 40.5. The Labute approximate surface area is 174 Å². The molecule has 1 aromatic carbocycles. The summed E-state index contributed by atoms with van der Waals surface area (Å²) in [7, 11) is -3.52. The molecular formula is C20H24FN3O3S2. The van der Waals surface area contributed by atoms with Crippen LogP contribution < -0.4 is 4.90 Å². The maximum absolute atomic E-state index is 13.1. The third kappa shape index (κ3) is 4.31. The van der Waals surface area contributed by atoms with Crippen molar-refractivity contribution in [2.75, 3.05) is 44.2 Å². The van der Waals surface area contributed by atoms with Gasteiger partial charge in [0.25, 0.3) is 10.0 Å². The maximum atomic E-state index is 13.1. The largest absolute Gasteiger partial charge is 0.368 e. The summed E-state index contributed by atoms with van der Waals surface area (Å²) in [6.45, 7) is 3.25. The highest BCUT2D eigenvalue weighted by Crippen LogP contribution is 2.27. The highest BCUT2D eigenvalue weighted by atomic mass is 32.2. The average molecular weight is 438 g/mol. The highest BCUT2D eigenvalue weighted by molar-refractivity contribution is 7.91. The summed E-state index contributed by atoms with van der Waals surface area (Å²) in [5, 5.41) is 1.75. The molecule has 4 rings (SSSR count). The molecule has 2 aliphatic heterocycles. The Kier molecular flexibility index (Phi) is 5.89. The van der Waals surface area contributed by atoms with Crippen molar-refractivity contribution in [3.63, 3.8) is 0 Å². The van der Waals surface area contributed by atoms with Gasteiger partial charge in [0.2, 0.25) is 5.91 Å². The number of piperidine rings is 1. The van der Waals surface area contributed by atoms with E-state index in [0.29, 0.717) is 49.8 Å². The van der Waals surface area contributed by atoms with Crippen LogP contribution in [0.3, 0.4) is 0 Å². The second-order valence-electron chi connectivity index (χ2n) is 7.42. The molecule has 2 fully saturated rings. The van der Waals surface area contributed by atoms with Gasteiger partial charge in [0.05, 0.1) is 5.92 Å². The zero-order chi connectivity index (χ0) is 20.4. The van der Waals surface area contributed by atoms with Crippen LogP contribution in [0.2, 0.25) is 0 Å². The predicted molar refractivity (Wildman–Crippen MR) is 111 cm³/mol. The number of benzene rings is 1. The van der Waals surface area contributed by atoms with Gasteiger partial charge in [-0.05, 0) is 48.6 Å². The minimum absolute atomic E-state index is 0.0369. The van der Waals surface area contributed by atoms with Crippen LogP contribution in [-0.4, -0.2) is 62.8 Å². The third-order valence-electron chi connectivity index (χ3n) is 5.61. The monoisotopic (exact) mass is 437 g/mol. The van der Waals surface area contributed by atoms with Gasteiger partial charge in [0.15, 0.2) is 0 Å². The number of carbonyl (C=O) groups is 1. The van der Waals surface area contributed by atoms with Crippen LogP contribution in [-0.2, 0) is 14.8 Å². The number of hydrogen-bond donors (Lipinski definition) is 0. The van der Waals surface area contributed by atoms with Crippen LogP contribution in [0.15, 0.2) is 46.0 Å². The standard InChI is InChI=1S/C20H24FN3O3S2/c21-17-5-7-18(8-6-17)22-10-12-23(13-11-22)20(25)16-3-1-9-24(15-16)29(26,27)19-4-2-14-28-19/h2,4-8,14,16H,1,3,9-13,15H2/t16-/m0/s1. The smallest absolute Gasteiger partial charge is 0.252 e. The lowest BCUT2D eigenvalue weighted by Crippen LogP contribution is -2.53. The van der Waals surface area contributed by atoms with E-state index in [4.69, 9.17) is 0 Å². The normalized spacial score (nSPS) is 21.3. The first-order valence-corrected chi connectivity index (χ1v) is 12.1. The highest BCUT2D eigenvalue weighted by Gasteiger charge is 2.36. The molecule has 0 aliphatic carbocycles. The molecule has 6 nitrogen and oxygen atoms in total. The number of hydrogen-bond acceptors (Lipinski definition) is 5. The first-order valence-electron chi connectivity index (χ1n) is 9.78. The third-order valence-corrected chi connectivity index (χ3v) is 8.84. The lowest BCUT2D eigenvalue weighted by atomic mass is 9.97. The van der Waals surface area contributed by atoms with E-state index in [2.05, 4.69) is 4.90 Å². The Morgan fingerprint density at radius 2 is 1.76 bits per heavy atom. The Hall–Kier alpha value is -1.97. The average Bonchev–Trinajstić information content (AvgIpc) is 3.30. The number of thiophene rings is 1. The molecule has 2 aromatic rings. The molecule has 2 saturated heterocycles. The van der Waals surface area contributed by atoms with Crippen LogP contribution in [0.25, 0.3) is 0 Å². The van der Waals surface area contributed by atoms with Gasteiger partial charge in [-0.15, -0.1) is 11.3 Å². The molecule has 1 amide bonds. The lowest BCUT2D eigenvalue weighted by molar-refractivity contribution is -0.137. The summed E-state index contributed by atoms with van der Waals surface area (Å²) in [6, 6.07) is 9.72. The van der Waals surface area contributed by atoms with E-state index in [-0.39, 0.29) is 24.2 Å². The molecule has 2 aliphatic rings. The molecule has 0 spiro atoms. The topological polar surface area (TPSA) is 60.9 Å². The zero-order valence-corrected chi connectivity index (χ0v) is 17.7. The van der Waals surface area contributed by atoms with E-state index in [9.17, 15) is 17.6 Å². The minimum Gasteiger partial charge on any atom is -0.368 e. The van der Waals surface area contributed by atoms with Crippen molar-refractivity contribution in [2.24, 2.45) is 5.92 Å². The number of anilines is 1. The van der Waals surface area contributed by atoms with E-state index in [0.717, 1.165) is 5.69 Å². The van der Waals surface area contributed by atoms with Crippen LogP contribution >= 0.6 is 11.3 Å². The van der Waals surface area contributed by atoms with Crippen molar-refractivity contribution >= 4 is 33.0 Å². The van der Waals surface area contributed by atoms with Crippen molar-refractivity contribution in [3.05, 3.63) is 47.6 Å². The van der Waals surface area contributed by atoms with E-state index in [1.807, 2.05) is 4.90 Å². The van der Waals surface area contributed by atoms with Gasteiger partial charge in [0, 0.05) is 45.0 Å². The fourth-order valence-electron chi connectivity index (χ4n) is 3.99.